The number of nitrogens with zero attached hydrogens (tertiary/aromatic N) is 5. The molecule has 0 radical (unpaired) electrons. The predicted molar refractivity (Wildman–Crippen MR) is 112 cm³/mol. The van der Waals surface area contributed by atoms with Gasteiger partial charge in [0.25, 0.3) is 0 Å². The third kappa shape index (κ3) is 4.23. The van der Waals surface area contributed by atoms with Crippen LogP contribution in [-0.4, -0.2) is 90.6 Å². The first kappa shape index (κ1) is 22.2. The van der Waals surface area contributed by atoms with E-state index in [0.29, 0.717) is 0 Å². The summed E-state index contributed by atoms with van der Waals surface area (Å²) in [6, 6.07) is -0.586. The fourth-order valence-electron chi connectivity index (χ4n) is 5.46. The lowest BCUT2D eigenvalue weighted by Gasteiger charge is -2.36. The van der Waals surface area contributed by atoms with Gasteiger partial charge in [0, 0.05) is 31.2 Å². The van der Waals surface area contributed by atoms with Gasteiger partial charge in [-0.1, -0.05) is 6.92 Å². The lowest BCUT2D eigenvalue weighted by Crippen LogP contribution is -2.46. The number of carbonyl (C=O) groups is 1. The van der Waals surface area contributed by atoms with Crippen molar-refractivity contribution in [3.63, 3.8) is 0 Å². The molecule has 0 spiro atoms. The Morgan fingerprint density at radius 1 is 1.19 bits per heavy atom. The van der Waals surface area contributed by atoms with E-state index >= 15 is 0 Å². The van der Waals surface area contributed by atoms with Crippen LogP contribution in [0.5, 0.6) is 0 Å². The maximum Gasteiger partial charge on any atom is 0.407 e. The first-order valence-corrected chi connectivity index (χ1v) is 10.9. The Hall–Kier alpha value is -1.97. The molecule has 0 aromatic carbocycles. The van der Waals surface area contributed by atoms with Crippen molar-refractivity contribution in [2.24, 2.45) is 32.8 Å². The molecule has 8 atom stereocenters. The van der Waals surface area contributed by atoms with Crippen molar-refractivity contribution in [1.29, 1.82) is 0 Å². The maximum atomic E-state index is 13.3. The molecule has 0 aromatic rings. The Kier molecular flexibility index (Phi) is 5.87. The van der Waals surface area contributed by atoms with Crippen LogP contribution in [0.2, 0.25) is 0 Å². The molecule has 1 amide bonds. The van der Waals surface area contributed by atoms with E-state index in [0.717, 1.165) is 23.6 Å². The molecule has 7 nitrogen and oxygen atoms in total. The summed E-state index contributed by atoms with van der Waals surface area (Å²) < 4.78 is 43.7. The van der Waals surface area contributed by atoms with E-state index in [1.807, 2.05) is 20.1 Å². The van der Waals surface area contributed by atoms with Crippen molar-refractivity contribution in [2.45, 2.75) is 70.1 Å². The molecule has 0 aromatic heterocycles. The SMILES string of the molecule is COC1CC(C2CC(C)C3C(=O)N(C4C=NN(CC(F)(F)F)C4)C(C)C3=N2)C=NC1C. The van der Waals surface area contributed by atoms with Gasteiger partial charge in [-0.15, -0.1) is 0 Å². The standard InChI is InChI=1S/C21H30F3N5O2/c1-11-5-16(14-6-17(31-4)12(2)25-7-14)27-19-13(3)29(20(30)18(11)19)15-8-26-28(9-15)10-21(22,23)24/h7-8,11-18H,5-6,9-10H2,1-4H3. The van der Waals surface area contributed by atoms with Crippen LogP contribution in [0.4, 0.5) is 13.2 Å². The number of fused-ring (bicyclic) bond motifs is 1. The quantitative estimate of drug-likeness (QED) is 0.673. The van der Waals surface area contributed by atoms with Gasteiger partial charge in [-0.25, -0.2) is 0 Å². The molecule has 0 aliphatic carbocycles. The second-order valence-corrected chi connectivity index (χ2v) is 9.24. The van der Waals surface area contributed by atoms with Gasteiger partial charge in [0.2, 0.25) is 5.91 Å². The Labute approximate surface area is 180 Å². The molecular formula is C21H30F3N5O2. The number of hydrogen-bond acceptors (Lipinski definition) is 6. The second kappa shape index (κ2) is 8.18. The average Bonchev–Trinajstić information content (AvgIpc) is 3.23. The number of methoxy groups -OCH3 is 1. The van der Waals surface area contributed by atoms with Crippen LogP contribution in [0.15, 0.2) is 15.1 Å². The Morgan fingerprint density at radius 2 is 1.94 bits per heavy atom. The van der Waals surface area contributed by atoms with Gasteiger partial charge in [0.1, 0.15) is 6.54 Å². The number of aliphatic imine (C=N–C) groups is 2. The number of likely N-dealkylation sites (tertiary alicyclic amines) is 1. The van der Waals surface area contributed by atoms with Crippen molar-refractivity contribution in [1.82, 2.24) is 9.91 Å². The zero-order chi connectivity index (χ0) is 22.5. The Bertz CT molecular complexity index is 798. The average molecular weight is 441 g/mol. The number of ether oxygens (including phenoxy) is 1. The van der Waals surface area contributed by atoms with Crippen LogP contribution in [0.25, 0.3) is 0 Å². The van der Waals surface area contributed by atoms with E-state index in [9.17, 15) is 18.0 Å². The lowest BCUT2D eigenvalue weighted by atomic mass is 9.77. The van der Waals surface area contributed by atoms with Gasteiger partial charge in [-0.2, -0.15) is 18.3 Å². The number of halogens is 3. The molecule has 0 N–H and O–H groups in total. The van der Waals surface area contributed by atoms with Gasteiger partial charge >= 0.3 is 6.18 Å². The zero-order valence-corrected chi connectivity index (χ0v) is 18.3. The monoisotopic (exact) mass is 441 g/mol. The fraction of sp³-hybridized carbons (Fsp3) is 0.810. The van der Waals surface area contributed by atoms with E-state index in [1.165, 1.54) is 6.21 Å². The molecule has 4 rings (SSSR count). The summed E-state index contributed by atoms with van der Waals surface area (Å²) in [6.07, 6.45) is 0.787. The van der Waals surface area contributed by atoms with E-state index < -0.39 is 18.8 Å². The summed E-state index contributed by atoms with van der Waals surface area (Å²) in [7, 11) is 1.70. The van der Waals surface area contributed by atoms with Crippen LogP contribution in [0.1, 0.15) is 33.6 Å². The van der Waals surface area contributed by atoms with Gasteiger partial charge in [0.05, 0.1) is 42.7 Å². The largest absolute Gasteiger partial charge is 0.407 e. The highest BCUT2D eigenvalue weighted by Gasteiger charge is 2.51. The highest BCUT2D eigenvalue weighted by molar-refractivity contribution is 6.14. The highest BCUT2D eigenvalue weighted by atomic mass is 19.4. The molecule has 4 aliphatic rings. The maximum absolute atomic E-state index is 13.3. The molecule has 0 bridgehead atoms. The zero-order valence-electron chi connectivity index (χ0n) is 18.3. The van der Waals surface area contributed by atoms with Crippen molar-refractivity contribution in [2.75, 3.05) is 20.2 Å². The number of alkyl halides is 3. The number of hydrazone groups is 1. The lowest BCUT2D eigenvalue weighted by molar-refractivity contribution is -0.146. The van der Waals surface area contributed by atoms with Gasteiger partial charge in [-0.05, 0) is 32.6 Å². The molecule has 4 aliphatic heterocycles. The Morgan fingerprint density at radius 3 is 2.61 bits per heavy atom. The number of amides is 1. The van der Waals surface area contributed by atoms with Crippen LogP contribution in [0.3, 0.4) is 0 Å². The normalized spacial score (nSPS) is 40.5. The van der Waals surface area contributed by atoms with Crippen molar-refractivity contribution in [3.8, 4) is 0 Å². The van der Waals surface area contributed by atoms with Crippen LogP contribution < -0.4 is 0 Å². The van der Waals surface area contributed by atoms with Crippen LogP contribution in [0, 0.1) is 17.8 Å². The Balaban J connectivity index is 1.52. The molecule has 10 heteroatoms. The number of hydrogen-bond donors (Lipinski definition) is 0. The summed E-state index contributed by atoms with van der Waals surface area (Å²) in [4.78, 5) is 24.5. The second-order valence-electron chi connectivity index (χ2n) is 9.24. The third-order valence-electron chi connectivity index (χ3n) is 7.05. The third-order valence-corrected chi connectivity index (χ3v) is 7.05. The smallest absolute Gasteiger partial charge is 0.379 e. The number of carbonyl (C=O) groups excluding carboxylic acids is 1. The first-order chi connectivity index (χ1) is 14.6. The summed E-state index contributed by atoms with van der Waals surface area (Å²) in [5, 5.41) is 4.87. The van der Waals surface area contributed by atoms with E-state index in [4.69, 9.17) is 9.73 Å². The number of rotatable bonds is 4. The van der Waals surface area contributed by atoms with Crippen molar-refractivity contribution >= 4 is 24.0 Å². The molecule has 1 saturated heterocycles. The van der Waals surface area contributed by atoms with Gasteiger partial charge in [-0.3, -0.25) is 19.8 Å². The summed E-state index contributed by atoms with van der Waals surface area (Å²) in [6.45, 7) is 4.96. The summed E-state index contributed by atoms with van der Waals surface area (Å²) in [5.41, 5.74) is 0.845. The molecule has 4 heterocycles. The molecule has 172 valence electrons. The van der Waals surface area contributed by atoms with Gasteiger partial charge in [0.15, 0.2) is 0 Å². The minimum atomic E-state index is -4.33. The fourth-order valence-corrected chi connectivity index (χ4v) is 5.46. The van der Waals surface area contributed by atoms with E-state index in [-0.39, 0.29) is 54.4 Å². The molecular weight excluding hydrogens is 411 g/mol. The van der Waals surface area contributed by atoms with Gasteiger partial charge < -0.3 is 9.64 Å². The highest BCUT2D eigenvalue weighted by Crippen LogP contribution is 2.39. The van der Waals surface area contributed by atoms with Crippen molar-refractivity contribution < 1.29 is 22.7 Å². The summed E-state index contributed by atoms with van der Waals surface area (Å²) >= 11 is 0. The summed E-state index contributed by atoms with van der Waals surface area (Å²) in [5.74, 6) is -0.100. The van der Waals surface area contributed by atoms with Crippen LogP contribution in [-0.2, 0) is 9.53 Å². The van der Waals surface area contributed by atoms with E-state index in [2.05, 4.69) is 17.0 Å². The molecule has 31 heavy (non-hydrogen) atoms. The predicted octanol–water partition coefficient (Wildman–Crippen LogP) is 2.41. The topological polar surface area (TPSA) is 69.9 Å². The van der Waals surface area contributed by atoms with Crippen LogP contribution >= 0.6 is 0 Å². The molecule has 1 fully saturated rings. The molecule has 0 saturated carbocycles. The minimum Gasteiger partial charge on any atom is -0.379 e. The van der Waals surface area contributed by atoms with Crippen molar-refractivity contribution in [3.05, 3.63) is 0 Å². The molecule has 8 unspecified atom stereocenters. The minimum absolute atomic E-state index is 0.0318. The van der Waals surface area contributed by atoms with E-state index in [1.54, 1.807) is 12.0 Å². The first-order valence-electron chi connectivity index (χ1n) is 10.9.